The van der Waals surface area contributed by atoms with Crippen LogP contribution < -0.4 is 10.6 Å². The van der Waals surface area contributed by atoms with E-state index in [1.807, 2.05) is 6.07 Å². The Kier molecular flexibility index (Phi) is 5.79. The van der Waals surface area contributed by atoms with E-state index >= 15 is 0 Å². The fourth-order valence-electron chi connectivity index (χ4n) is 5.96. The molecule has 11 heteroatoms. The Labute approximate surface area is 207 Å². The monoisotopic (exact) mass is 492 g/mol. The molecule has 4 amide bonds. The third kappa shape index (κ3) is 4.17. The number of nitrogens with one attached hydrogen (secondary N) is 2. The quantitative estimate of drug-likeness (QED) is 0.607. The topological polar surface area (TPSA) is 136 Å². The number of hydrogen-bond donors (Lipinski definition) is 2. The number of ether oxygens (including phenoxy) is 1. The van der Waals surface area contributed by atoms with Gasteiger partial charge in [-0.15, -0.1) is 5.10 Å². The van der Waals surface area contributed by atoms with Gasteiger partial charge in [0.15, 0.2) is 5.69 Å². The van der Waals surface area contributed by atoms with Crippen molar-refractivity contribution in [3.63, 3.8) is 0 Å². The molecule has 6 rings (SSSR count). The van der Waals surface area contributed by atoms with Gasteiger partial charge < -0.3 is 15.0 Å². The zero-order valence-electron chi connectivity index (χ0n) is 19.8. The van der Waals surface area contributed by atoms with Crippen LogP contribution >= 0.6 is 0 Å². The first-order valence-corrected chi connectivity index (χ1v) is 12.5. The van der Waals surface area contributed by atoms with E-state index in [2.05, 4.69) is 20.9 Å². The van der Waals surface area contributed by atoms with Crippen LogP contribution in [-0.4, -0.2) is 68.8 Å². The molecule has 1 saturated carbocycles. The second-order valence-corrected chi connectivity index (χ2v) is 10.2. The number of fused-ring (bicyclic) bond motifs is 2. The van der Waals surface area contributed by atoms with Crippen molar-refractivity contribution in [2.75, 3.05) is 13.2 Å². The highest BCUT2D eigenvalue weighted by Gasteiger charge is 2.39. The minimum atomic E-state index is -0.663. The normalized spacial score (nSPS) is 27.9. The number of rotatable bonds is 4. The molecule has 11 nitrogen and oxygen atoms in total. The van der Waals surface area contributed by atoms with E-state index in [-0.39, 0.29) is 42.4 Å². The van der Waals surface area contributed by atoms with Crippen molar-refractivity contribution in [3.05, 3.63) is 41.2 Å². The van der Waals surface area contributed by atoms with Gasteiger partial charge in [-0.05, 0) is 67.7 Å². The number of amides is 4. The summed E-state index contributed by atoms with van der Waals surface area (Å²) in [6.07, 6.45) is 6.13. The summed E-state index contributed by atoms with van der Waals surface area (Å²) in [5, 5.41) is 13.6. The van der Waals surface area contributed by atoms with E-state index in [1.54, 1.807) is 18.3 Å². The first-order chi connectivity index (χ1) is 17.5. The second kappa shape index (κ2) is 9.12. The van der Waals surface area contributed by atoms with Gasteiger partial charge in [-0.25, -0.2) is 4.68 Å². The molecule has 0 bridgehead atoms. The van der Waals surface area contributed by atoms with Crippen LogP contribution in [0.1, 0.15) is 64.9 Å². The number of benzene rings is 1. The van der Waals surface area contributed by atoms with Crippen molar-refractivity contribution < 1.29 is 23.9 Å². The van der Waals surface area contributed by atoms with Crippen LogP contribution in [0.2, 0.25) is 0 Å². The van der Waals surface area contributed by atoms with Gasteiger partial charge in [-0.1, -0.05) is 5.21 Å². The van der Waals surface area contributed by atoms with Gasteiger partial charge in [0.05, 0.1) is 11.9 Å². The number of carbonyl (C=O) groups is 4. The Morgan fingerprint density at radius 3 is 2.86 bits per heavy atom. The molecule has 1 aromatic heterocycles. The average Bonchev–Trinajstić information content (AvgIpc) is 3.49. The minimum absolute atomic E-state index is 0.131. The molecule has 1 aliphatic carbocycles. The van der Waals surface area contributed by atoms with Crippen molar-refractivity contribution in [2.45, 2.75) is 57.2 Å². The lowest BCUT2D eigenvalue weighted by molar-refractivity contribution is -0.136. The van der Waals surface area contributed by atoms with Crippen molar-refractivity contribution in [3.8, 4) is 5.69 Å². The predicted molar refractivity (Wildman–Crippen MR) is 125 cm³/mol. The standard InChI is InChI=1S/C25H28N6O5/c32-22-6-5-21(24(34)27-22)30-11-16-10-18(3-4-19(16)25(30)35)31-12-20(28-29-31)23(33)26-17-2-1-15-13-36-8-7-14(15)9-17/h3-4,10,12,14-15,17,21H,1-2,5-9,11,13H2,(H,26,33)(H,27,32,34). The maximum absolute atomic E-state index is 12.9. The number of imide groups is 1. The third-order valence-corrected chi connectivity index (χ3v) is 7.94. The lowest BCUT2D eigenvalue weighted by Crippen LogP contribution is -2.52. The number of piperidine rings is 1. The molecule has 2 aromatic rings. The summed E-state index contributed by atoms with van der Waals surface area (Å²) in [7, 11) is 0. The molecule has 4 heterocycles. The Morgan fingerprint density at radius 2 is 2.00 bits per heavy atom. The largest absolute Gasteiger partial charge is 0.381 e. The van der Waals surface area contributed by atoms with Gasteiger partial charge in [0.1, 0.15) is 6.04 Å². The Balaban J connectivity index is 1.12. The summed E-state index contributed by atoms with van der Waals surface area (Å²) in [6, 6.07) is 4.73. The number of aromatic nitrogens is 3. The summed E-state index contributed by atoms with van der Waals surface area (Å²) < 4.78 is 7.11. The highest BCUT2D eigenvalue weighted by Crippen LogP contribution is 2.35. The predicted octanol–water partition coefficient (Wildman–Crippen LogP) is 0.963. The molecule has 2 saturated heterocycles. The molecule has 4 aliphatic rings. The molecule has 188 valence electrons. The zero-order chi connectivity index (χ0) is 24.8. The maximum Gasteiger partial charge on any atom is 0.273 e. The van der Waals surface area contributed by atoms with E-state index in [1.165, 1.54) is 9.58 Å². The number of nitrogens with zero attached hydrogens (tertiary/aromatic N) is 4. The Bertz CT molecular complexity index is 1240. The van der Waals surface area contributed by atoms with Crippen LogP contribution in [0.15, 0.2) is 24.4 Å². The second-order valence-electron chi connectivity index (χ2n) is 10.2. The molecule has 1 aromatic carbocycles. The molecule has 2 N–H and O–H groups in total. The molecular formula is C25H28N6O5. The van der Waals surface area contributed by atoms with Crippen LogP contribution in [0.5, 0.6) is 0 Å². The smallest absolute Gasteiger partial charge is 0.273 e. The molecule has 0 radical (unpaired) electrons. The first-order valence-electron chi connectivity index (χ1n) is 12.5. The fourth-order valence-corrected chi connectivity index (χ4v) is 5.96. The third-order valence-electron chi connectivity index (χ3n) is 7.94. The lowest BCUT2D eigenvalue weighted by Gasteiger charge is -2.39. The zero-order valence-corrected chi connectivity index (χ0v) is 19.8. The van der Waals surface area contributed by atoms with Crippen LogP contribution in [0.3, 0.4) is 0 Å². The highest BCUT2D eigenvalue weighted by atomic mass is 16.5. The van der Waals surface area contributed by atoms with Crippen LogP contribution in [0.25, 0.3) is 5.69 Å². The van der Waals surface area contributed by atoms with Crippen molar-refractivity contribution in [1.82, 2.24) is 30.5 Å². The van der Waals surface area contributed by atoms with Crippen molar-refractivity contribution in [2.24, 2.45) is 11.8 Å². The van der Waals surface area contributed by atoms with E-state index in [0.717, 1.165) is 44.5 Å². The molecule has 3 fully saturated rings. The van der Waals surface area contributed by atoms with Gasteiger partial charge in [-0.2, -0.15) is 0 Å². The van der Waals surface area contributed by atoms with E-state index < -0.39 is 11.9 Å². The van der Waals surface area contributed by atoms with E-state index in [0.29, 0.717) is 29.5 Å². The number of hydrogen-bond acceptors (Lipinski definition) is 7. The summed E-state index contributed by atoms with van der Waals surface area (Å²) in [4.78, 5) is 51.0. The minimum Gasteiger partial charge on any atom is -0.381 e. The molecule has 3 aliphatic heterocycles. The van der Waals surface area contributed by atoms with Crippen LogP contribution in [0.4, 0.5) is 0 Å². The Morgan fingerprint density at radius 1 is 1.11 bits per heavy atom. The van der Waals surface area contributed by atoms with E-state index in [9.17, 15) is 19.2 Å². The summed E-state index contributed by atoms with van der Waals surface area (Å²) >= 11 is 0. The number of carbonyl (C=O) groups excluding carboxylic acids is 4. The molecule has 4 unspecified atom stereocenters. The molecular weight excluding hydrogens is 464 g/mol. The summed E-state index contributed by atoms with van der Waals surface area (Å²) in [5.41, 5.74) is 2.19. The maximum atomic E-state index is 12.9. The van der Waals surface area contributed by atoms with Gasteiger partial charge in [0.25, 0.3) is 11.8 Å². The average molecular weight is 493 g/mol. The van der Waals surface area contributed by atoms with Crippen LogP contribution in [-0.2, 0) is 20.9 Å². The van der Waals surface area contributed by atoms with Gasteiger partial charge in [0, 0.05) is 37.8 Å². The van der Waals surface area contributed by atoms with Crippen molar-refractivity contribution in [1.29, 1.82) is 0 Å². The van der Waals surface area contributed by atoms with Gasteiger partial charge in [-0.3, -0.25) is 24.5 Å². The fraction of sp³-hybridized carbons (Fsp3) is 0.520. The first kappa shape index (κ1) is 22.8. The molecule has 36 heavy (non-hydrogen) atoms. The Hall–Kier alpha value is -3.60. The summed E-state index contributed by atoms with van der Waals surface area (Å²) in [5.74, 6) is -0.0244. The SMILES string of the molecule is O=C1CCC(N2Cc3cc(-n4cc(C(=O)NC5CCC6COCCC6C5)nn4)ccc3C2=O)C(=O)N1. The highest BCUT2D eigenvalue weighted by molar-refractivity contribution is 6.05. The lowest BCUT2D eigenvalue weighted by atomic mass is 9.75. The van der Waals surface area contributed by atoms with Crippen LogP contribution in [0, 0.1) is 11.8 Å². The molecule has 0 spiro atoms. The van der Waals surface area contributed by atoms with Gasteiger partial charge >= 0.3 is 0 Å². The van der Waals surface area contributed by atoms with Gasteiger partial charge in [0.2, 0.25) is 11.8 Å². The van der Waals surface area contributed by atoms with Crippen molar-refractivity contribution >= 4 is 23.6 Å². The van der Waals surface area contributed by atoms with E-state index in [4.69, 9.17) is 4.74 Å². The summed E-state index contributed by atoms with van der Waals surface area (Å²) in [6.45, 7) is 1.90. The molecule has 4 atom stereocenters.